The molecule has 3 rings (SSSR count). The van der Waals surface area contributed by atoms with E-state index in [0.29, 0.717) is 10.8 Å². The molecule has 1 aliphatic heterocycles. The van der Waals surface area contributed by atoms with Crippen LogP contribution in [0.25, 0.3) is 0 Å². The molecule has 0 spiro atoms. The lowest BCUT2D eigenvalue weighted by Crippen LogP contribution is -2.24. The zero-order valence-electron chi connectivity index (χ0n) is 10.8. The molecule has 0 saturated carbocycles. The van der Waals surface area contributed by atoms with E-state index >= 15 is 0 Å². The largest absolute Gasteiger partial charge is 0.508 e. The highest BCUT2D eigenvalue weighted by molar-refractivity contribution is 6.30. The van der Waals surface area contributed by atoms with Crippen LogP contribution in [0.3, 0.4) is 0 Å². The fourth-order valence-electron chi connectivity index (χ4n) is 2.79. The Kier molecular flexibility index (Phi) is 3.11. The molecule has 1 atom stereocenters. The first-order chi connectivity index (χ1) is 9.16. The topological polar surface area (TPSA) is 23.5 Å². The van der Waals surface area contributed by atoms with Gasteiger partial charge in [-0.1, -0.05) is 29.8 Å². The summed E-state index contributed by atoms with van der Waals surface area (Å²) in [4.78, 5) is 2.32. The molecule has 0 saturated heterocycles. The van der Waals surface area contributed by atoms with Gasteiger partial charge in [-0.3, -0.25) is 0 Å². The molecule has 2 aromatic carbocycles. The summed E-state index contributed by atoms with van der Waals surface area (Å²) in [5.41, 5.74) is 3.51. The highest BCUT2D eigenvalue weighted by Crippen LogP contribution is 2.38. The summed E-state index contributed by atoms with van der Waals surface area (Å²) < 4.78 is 0. The van der Waals surface area contributed by atoms with Gasteiger partial charge in [-0.15, -0.1) is 0 Å². The van der Waals surface area contributed by atoms with Gasteiger partial charge in [-0.25, -0.2) is 0 Å². The molecule has 1 heterocycles. The molecule has 0 fully saturated rings. The van der Waals surface area contributed by atoms with Crippen molar-refractivity contribution in [2.45, 2.75) is 19.4 Å². The average molecular weight is 274 g/mol. The minimum atomic E-state index is 0.113. The summed E-state index contributed by atoms with van der Waals surface area (Å²) >= 11 is 6.04. The maximum atomic E-state index is 10.0. The van der Waals surface area contributed by atoms with Crippen molar-refractivity contribution in [3.05, 3.63) is 58.6 Å². The minimum absolute atomic E-state index is 0.113. The lowest BCUT2D eigenvalue weighted by atomic mass is 10.1. The van der Waals surface area contributed by atoms with Gasteiger partial charge < -0.3 is 10.0 Å². The minimum Gasteiger partial charge on any atom is -0.508 e. The van der Waals surface area contributed by atoms with E-state index in [-0.39, 0.29) is 6.04 Å². The first-order valence-corrected chi connectivity index (χ1v) is 6.87. The van der Waals surface area contributed by atoms with E-state index in [2.05, 4.69) is 36.1 Å². The predicted molar refractivity (Wildman–Crippen MR) is 79.0 cm³/mol. The van der Waals surface area contributed by atoms with Crippen molar-refractivity contribution in [2.75, 3.05) is 11.4 Å². The fraction of sp³-hybridized carbons (Fsp3) is 0.250. The number of nitrogens with zero attached hydrogens (tertiary/aromatic N) is 1. The predicted octanol–water partition coefficient (Wildman–Crippen LogP) is 4.17. The normalized spacial score (nSPS) is 15.4. The molecule has 0 aromatic heterocycles. The maximum absolute atomic E-state index is 10.0. The number of phenolic OH excluding ortho intramolecular Hbond substituents is 1. The monoisotopic (exact) mass is 273 g/mol. The Labute approximate surface area is 118 Å². The third kappa shape index (κ3) is 2.17. The standard InChI is InChI=1S/C16H16ClNO/c1-11(14-10-13(17)6-7-16(14)19)18-9-8-12-4-2-3-5-15(12)18/h2-7,10-11,19H,8-9H2,1H3. The Morgan fingerprint density at radius 2 is 2.00 bits per heavy atom. The van der Waals surface area contributed by atoms with Crippen molar-refractivity contribution in [1.82, 2.24) is 0 Å². The molecular formula is C16H16ClNO. The molecule has 2 aromatic rings. The first-order valence-electron chi connectivity index (χ1n) is 6.50. The van der Waals surface area contributed by atoms with Crippen molar-refractivity contribution in [3.8, 4) is 5.75 Å². The van der Waals surface area contributed by atoms with Gasteiger partial charge in [0.25, 0.3) is 0 Å². The van der Waals surface area contributed by atoms with Crippen molar-refractivity contribution in [1.29, 1.82) is 0 Å². The van der Waals surface area contributed by atoms with Gasteiger partial charge in [-0.2, -0.15) is 0 Å². The highest BCUT2D eigenvalue weighted by atomic mass is 35.5. The van der Waals surface area contributed by atoms with Crippen LogP contribution in [0.4, 0.5) is 5.69 Å². The Morgan fingerprint density at radius 1 is 1.21 bits per heavy atom. The fourth-order valence-corrected chi connectivity index (χ4v) is 2.97. The van der Waals surface area contributed by atoms with E-state index in [1.165, 1.54) is 11.3 Å². The molecule has 19 heavy (non-hydrogen) atoms. The molecule has 0 bridgehead atoms. The van der Waals surface area contributed by atoms with Crippen molar-refractivity contribution < 1.29 is 5.11 Å². The van der Waals surface area contributed by atoms with E-state index in [1.54, 1.807) is 12.1 Å². The summed E-state index contributed by atoms with van der Waals surface area (Å²) in [5, 5.41) is 10.7. The molecule has 1 N–H and O–H groups in total. The van der Waals surface area contributed by atoms with Crippen molar-refractivity contribution in [3.63, 3.8) is 0 Å². The number of hydrogen-bond donors (Lipinski definition) is 1. The lowest BCUT2D eigenvalue weighted by molar-refractivity contribution is 0.461. The average Bonchev–Trinajstić information content (AvgIpc) is 2.84. The van der Waals surface area contributed by atoms with Gasteiger partial charge >= 0.3 is 0 Å². The smallest absolute Gasteiger partial charge is 0.120 e. The first kappa shape index (κ1) is 12.4. The van der Waals surface area contributed by atoms with Crippen LogP contribution in [0.5, 0.6) is 5.75 Å². The number of aromatic hydroxyl groups is 1. The lowest BCUT2D eigenvalue weighted by Gasteiger charge is -2.28. The zero-order chi connectivity index (χ0) is 13.4. The Bertz CT molecular complexity index is 611. The van der Waals surface area contributed by atoms with E-state index in [0.717, 1.165) is 18.5 Å². The highest BCUT2D eigenvalue weighted by Gasteiger charge is 2.25. The van der Waals surface area contributed by atoms with Gasteiger partial charge in [0, 0.05) is 22.8 Å². The van der Waals surface area contributed by atoms with E-state index in [1.807, 2.05) is 6.07 Å². The van der Waals surface area contributed by atoms with Gasteiger partial charge in [0.2, 0.25) is 0 Å². The molecule has 1 aliphatic rings. The summed E-state index contributed by atoms with van der Waals surface area (Å²) in [6, 6.07) is 13.8. The maximum Gasteiger partial charge on any atom is 0.120 e. The summed E-state index contributed by atoms with van der Waals surface area (Å²) in [6.45, 7) is 3.08. The quantitative estimate of drug-likeness (QED) is 0.888. The van der Waals surface area contributed by atoms with Crippen LogP contribution >= 0.6 is 11.6 Å². The van der Waals surface area contributed by atoms with Crippen LogP contribution in [-0.2, 0) is 6.42 Å². The molecule has 0 radical (unpaired) electrons. The second kappa shape index (κ2) is 4.78. The molecule has 2 nitrogen and oxygen atoms in total. The third-order valence-electron chi connectivity index (χ3n) is 3.83. The van der Waals surface area contributed by atoms with E-state index in [9.17, 15) is 5.11 Å². The molecule has 1 unspecified atom stereocenters. The number of fused-ring (bicyclic) bond motifs is 1. The Hall–Kier alpha value is -1.67. The van der Waals surface area contributed by atoms with Crippen LogP contribution in [0.2, 0.25) is 5.02 Å². The second-order valence-electron chi connectivity index (χ2n) is 4.95. The number of halogens is 1. The molecule has 98 valence electrons. The third-order valence-corrected chi connectivity index (χ3v) is 4.07. The van der Waals surface area contributed by atoms with Crippen LogP contribution in [0.15, 0.2) is 42.5 Å². The van der Waals surface area contributed by atoms with Crippen molar-refractivity contribution >= 4 is 17.3 Å². The van der Waals surface area contributed by atoms with Gasteiger partial charge in [-0.05, 0) is 43.2 Å². The second-order valence-corrected chi connectivity index (χ2v) is 5.39. The number of phenols is 1. The molecule has 0 aliphatic carbocycles. The Morgan fingerprint density at radius 3 is 2.84 bits per heavy atom. The van der Waals surface area contributed by atoms with E-state index < -0.39 is 0 Å². The summed E-state index contributed by atoms with van der Waals surface area (Å²) in [5.74, 6) is 0.307. The van der Waals surface area contributed by atoms with Gasteiger partial charge in [0.1, 0.15) is 5.75 Å². The van der Waals surface area contributed by atoms with Crippen LogP contribution < -0.4 is 4.90 Å². The Balaban J connectivity index is 1.97. The number of hydrogen-bond acceptors (Lipinski definition) is 2. The van der Waals surface area contributed by atoms with Gasteiger partial charge in [0.15, 0.2) is 0 Å². The van der Waals surface area contributed by atoms with Crippen LogP contribution in [0, 0.1) is 0 Å². The number of benzene rings is 2. The van der Waals surface area contributed by atoms with Crippen molar-refractivity contribution in [2.24, 2.45) is 0 Å². The summed E-state index contributed by atoms with van der Waals surface area (Å²) in [7, 11) is 0. The zero-order valence-corrected chi connectivity index (χ0v) is 11.6. The molecule has 3 heteroatoms. The van der Waals surface area contributed by atoms with E-state index in [4.69, 9.17) is 11.6 Å². The number of rotatable bonds is 2. The molecule has 0 amide bonds. The van der Waals surface area contributed by atoms with Crippen LogP contribution in [-0.4, -0.2) is 11.7 Å². The summed E-state index contributed by atoms with van der Waals surface area (Å²) in [6.07, 6.45) is 1.06. The SMILES string of the molecule is CC(c1cc(Cl)ccc1O)N1CCc2ccccc21. The number of para-hydroxylation sites is 1. The van der Waals surface area contributed by atoms with Crippen LogP contribution in [0.1, 0.15) is 24.1 Å². The van der Waals surface area contributed by atoms with Gasteiger partial charge in [0.05, 0.1) is 6.04 Å². The molecular weight excluding hydrogens is 258 g/mol. The number of anilines is 1.